The zero-order valence-electron chi connectivity index (χ0n) is 16.0. The maximum absolute atomic E-state index is 5.55. The molecule has 0 aromatic rings. The normalized spacial score (nSPS) is 12.0. The maximum atomic E-state index is 5.55. The summed E-state index contributed by atoms with van der Waals surface area (Å²) in [6.45, 7) is 7.77. The van der Waals surface area contributed by atoms with E-state index in [9.17, 15) is 0 Å². The van der Waals surface area contributed by atoms with E-state index in [2.05, 4.69) is 18.8 Å². The Balaban J connectivity index is 3.14. The lowest BCUT2D eigenvalue weighted by Gasteiger charge is -2.12. The van der Waals surface area contributed by atoms with Crippen LogP contribution < -0.4 is 0 Å². The molecule has 0 amide bonds. The van der Waals surface area contributed by atoms with Crippen LogP contribution in [-0.4, -0.2) is 19.5 Å². The topological polar surface area (TPSA) is 18.5 Å². The van der Waals surface area contributed by atoms with Gasteiger partial charge < -0.3 is 9.47 Å². The van der Waals surface area contributed by atoms with Crippen molar-refractivity contribution >= 4 is 0 Å². The molecule has 0 rings (SSSR count). The number of hydrogen-bond acceptors (Lipinski definition) is 2. The predicted octanol–water partition coefficient (Wildman–Crippen LogP) is 6.48. The minimum absolute atomic E-state index is 0.0538. The Hall–Kier alpha value is -0.520. The third-order valence-electron chi connectivity index (χ3n) is 3.98. The monoisotopic (exact) mass is 324 g/mol. The molecule has 0 aliphatic rings. The summed E-state index contributed by atoms with van der Waals surface area (Å²) in [4.78, 5) is 0. The molecule has 136 valence electrons. The van der Waals surface area contributed by atoms with Gasteiger partial charge in [0.15, 0.2) is 6.29 Å². The smallest absolute Gasteiger partial charge is 0.154 e. The molecule has 0 aromatic heterocycles. The zero-order valence-corrected chi connectivity index (χ0v) is 16.0. The summed E-state index contributed by atoms with van der Waals surface area (Å²) >= 11 is 0. The third-order valence-corrected chi connectivity index (χ3v) is 3.98. The average molecular weight is 325 g/mol. The number of ether oxygens (including phenoxy) is 2. The Labute approximate surface area is 145 Å². The third kappa shape index (κ3) is 19.4. The summed E-state index contributed by atoms with van der Waals surface area (Å²) < 4.78 is 10.9. The molecule has 0 aliphatic heterocycles. The summed E-state index contributed by atoms with van der Waals surface area (Å²) in [5.74, 6) is 6.66. The van der Waals surface area contributed by atoms with Crippen molar-refractivity contribution in [2.75, 3.05) is 13.2 Å². The van der Waals surface area contributed by atoms with Crippen LogP contribution in [0.1, 0.15) is 104 Å². The highest BCUT2D eigenvalue weighted by molar-refractivity contribution is 4.98. The molecule has 0 heterocycles. The van der Waals surface area contributed by atoms with Crippen LogP contribution in [0, 0.1) is 11.8 Å². The molecule has 23 heavy (non-hydrogen) atoms. The van der Waals surface area contributed by atoms with Crippen LogP contribution in [0.3, 0.4) is 0 Å². The molecular formula is C21H40O2. The molecule has 1 atom stereocenters. The van der Waals surface area contributed by atoms with Crippen molar-refractivity contribution in [1.29, 1.82) is 0 Å². The Morgan fingerprint density at radius 3 is 1.74 bits per heavy atom. The largest absolute Gasteiger partial charge is 0.353 e. The molecule has 0 saturated heterocycles. The van der Waals surface area contributed by atoms with Gasteiger partial charge in [-0.3, -0.25) is 0 Å². The van der Waals surface area contributed by atoms with E-state index in [1.54, 1.807) is 0 Å². The fraction of sp³-hybridized carbons (Fsp3) is 0.905. The SMILES string of the molecule is CCCCCCCCC#CCCCCCCCOC(C)OCC. The molecule has 0 saturated carbocycles. The van der Waals surface area contributed by atoms with Gasteiger partial charge in [0.2, 0.25) is 0 Å². The molecule has 0 aromatic carbocycles. The fourth-order valence-electron chi connectivity index (χ4n) is 2.55. The summed E-state index contributed by atoms with van der Waals surface area (Å²) in [5.41, 5.74) is 0. The van der Waals surface area contributed by atoms with Gasteiger partial charge in [-0.05, 0) is 33.1 Å². The van der Waals surface area contributed by atoms with Crippen LogP contribution in [0.4, 0.5) is 0 Å². The highest BCUT2D eigenvalue weighted by Gasteiger charge is 1.99. The first-order valence-electron chi connectivity index (χ1n) is 10.00. The van der Waals surface area contributed by atoms with E-state index in [0.29, 0.717) is 0 Å². The lowest BCUT2D eigenvalue weighted by molar-refractivity contribution is -0.127. The average Bonchev–Trinajstić information content (AvgIpc) is 2.54. The molecule has 2 heteroatoms. The van der Waals surface area contributed by atoms with E-state index in [1.807, 2.05) is 13.8 Å². The fourth-order valence-corrected chi connectivity index (χ4v) is 2.55. The van der Waals surface area contributed by atoms with Crippen molar-refractivity contribution in [3.63, 3.8) is 0 Å². The molecule has 0 fully saturated rings. The quantitative estimate of drug-likeness (QED) is 0.184. The Bertz CT molecular complexity index is 277. The van der Waals surface area contributed by atoms with Crippen molar-refractivity contribution in [2.24, 2.45) is 0 Å². The standard InChI is InChI=1S/C21H40O2/c1-4-6-7-8-9-10-11-12-13-14-15-16-17-18-19-20-23-21(3)22-5-2/h21H,4-11,14-20H2,1-3H3. The Kier molecular flexibility index (Phi) is 19.1. The van der Waals surface area contributed by atoms with Gasteiger partial charge in [-0.2, -0.15) is 0 Å². The molecular weight excluding hydrogens is 284 g/mol. The molecule has 2 nitrogen and oxygen atoms in total. The lowest BCUT2D eigenvalue weighted by Crippen LogP contribution is -2.13. The molecule has 0 bridgehead atoms. The Morgan fingerprint density at radius 1 is 0.652 bits per heavy atom. The van der Waals surface area contributed by atoms with Gasteiger partial charge in [-0.1, -0.05) is 58.3 Å². The highest BCUT2D eigenvalue weighted by Crippen LogP contribution is 2.07. The van der Waals surface area contributed by atoms with Gasteiger partial charge in [-0.15, -0.1) is 11.8 Å². The summed E-state index contributed by atoms with van der Waals surface area (Å²) in [6.07, 6.45) is 16.5. The minimum Gasteiger partial charge on any atom is -0.353 e. The van der Waals surface area contributed by atoms with Crippen LogP contribution in [0.2, 0.25) is 0 Å². The van der Waals surface area contributed by atoms with Crippen molar-refractivity contribution in [2.45, 2.75) is 111 Å². The van der Waals surface area contributed by atoms with Gasteiger partial charge in [0.05, 0.1) is 0 Å². The van der Waals surface area contributed by atoms with Crippen molar-refractivity contribution < 1.29 is 9.47 Å². The first kappa shape index (κ1) is 22.5. The second-order valence-corrected chi connectivity index (χ2v) is 6.28. The summed E-state index contributed by atoms with van der Waals surface area (Å²) in [5, 5.41) is 0. The van der Waals surface area contributed by atoms with E-state index in [1.165, 1.54) is 64.2 Å². The van der Waals surface area contributed by atoms with Crippen molar-refractivity contribution in [3.8, 4) is 11.8 Å². The highest BCUT2D eigenvalue weighted by atomic mass is 16.7. The van der Waals surface area contributed by atoms with E-state index in [0.717, 1.165) is 32.5 Å². The number of unbranched alkanes of at least 4 members (excludes halogenated alkanes) is 11. The number of rotatable bonds is 16. The Morgan fingerprint density at radius 2 is 1.17 bits per heavy atom. The van der Waals surface area contributed by atoms with Crippen LogP contribution >= 0.6 is 0 Å². The minimum atomic E-state index is -0.0538. The molecule has 1 unspecified atom stereocenters. The molecule has 0 N–H and O–H groups in total. The van der Waals surface area contributed by atoms with E-state index in [-0.39, 0.29) is 6.29 Å². The van der Waals surface area contributed by atoms with E-state index >= 15 is 0 Å². The van der Waals surface area contributed by atoms with Gasteiger partial charge in [0.25, 0.3) is 0 Å². The van der Waals surface area contributed by atoms with Gasteiger partial charge in [0, 0.05) is 26.1 Å². The van der Waals surface area contributed by atoms with Crippen LogP contribution in [-0.2, 0) is 9.47 Å². The summed E-state index contributed by atoms with van der Waals surface area (Å²) in [6, 6.07) is 0. The first-order valence-corrected chi connectivity index (χ1v) is 10.00. The molecule has 0 radical (unpaired) electrons. The second kappa shape index (κ2) is 19.5. The molecule has 0 spiro atoms. The lowest BCUT2D eigenvalue weighted by atomic mass is 10.1. The van der Waals surface area contributed by atoms with E-state index < -0.39 is 0 Å². The van der Waals surface area contributed by atoms with Crippen molar-refractivity contribution in [1.82, 2.24) is 0 Å². The van der Waals surface area contributed by atoms with Crippen LogP contribution in [0.5, 0.6) is 0 Å². The zero-order chi connectivity index (χ0) is 17.0. The summed E-state index contributed by atoms with van der Waals surface area (Å²) in [7, 11) is 0. The van der Waals surface area contributed by atoms with Crippen LogP contribution in [0.25, 0.3) is 0 Å². The predicted molar refractivity (Wildman–Crippen MR) is 101 cm³/mol. The van der Waals surface area contributed by atoms with Gasteiger partial charge in [-0.25, -0.2) is 0 Å². The van der Waals surface area contributed by atoms with E-state index in [4.69, 9.17) is 9.47 Å². The number of hydrogen-bond donors (Lipinski definition) is 0. The first-order chi connectivity index (χ1) is 11.3. The van der Waals surface area contributed by atoms with Crippen molar-refractivity contribution in [3.05, 3.63) is 0 Å². The van der Waals surface area contributed by atoms with Gasteiger partial charge in [0.1, 0.15) is 0 Å². The van der Waals surface area contributed by atoms with Gasteiger partial charge >= 0.3 is 0 Å². The molecule has 0 aliphatic carbocycles. The second-order valence-electron chi connectivity index (χ2n) is 6.28. The van der Waals surface area contributed by atoms with Crippen LogP contribution in [0.15, 0.2) is 0 Å². The maximum Gasteiger partial charge on any atom is 0.154 e.